The maximum absolute atomic E-state index is 14.8. The van der Waals surface area contributed by atoms with Gasteiger partial charge in [0.15, 0.2) is 5.82 Å². The molecule has 0 saturated heterocycles. The molecule has 0 bridgehead atoms. The minimum absolute atomic E-state index is 0.0872. The van der Waals surface area contributed by atoms with Crippen LogP contribution in [0.1, 0.15) is 31.0 Å². The van der Waals surface area contributed by atoms with E-state index < -0.39 is 47.3 Å². The highest BCUT2D eigenvalue weighted by Gasteiger charge is 2.42. The molecule has 1 unspecified atom stereocenters. The fourth-order valence-electron chi connectivity index (χ4n) is 2.39. The van der Waals surface area contributed by atoms with Gasteiger partial charge in [-0.1, -0.05) is 0 Å². The molecule has 3 N–H and O–H groups in total. The van der Waals surface area contributed by atoms with E-state index in [1.54, 1.807) is 0 Å². The minimum Gasteiger partial charge on any atom is -0.386 e. The van der Waals surface area contributed by atoms with Crippen molar-refractivity contribution in [1.29, 1.82) is 0 Å². The van der Waals surface area contributed by atoms with Gasteiger partial charge in [0.1, 0.15) is 17.4 Å². The van der Waals surface area contributed by atoms with Gasteiger partial charge in [-0.3, -0.25) is 0 Å². The molecule has 0 radical (unpaired) electrons. The average molecular weight is 360 g/mol. The van der Waals surface area contributed by atoms with Crippen LogP contribution in [0, 0.1) is 11.6 Å². The summed E-state index contributed by atoms with van der Waals surface area (Å²) in [7, 11) is 0. The molecule has 1 atom stereocenters. The van der Waals surface area contributed by atoms with E-state index in [4.69, 9.17) is 5.73 Å². The maximum atomic E-state index is 14.8. The number of aliphatic hydroxyl groups is 1. The highest BCUT2D eigenvalue weighted by Crippen LogP contribution is 2.37. The molecule has 1 aromatic heterocycles. The van der Waals surface area contributed by atoms with Crippen molar-refractivity contribution in [2.24, 2.45) is 5.73 Å². The first-order valence-electron chi connectivity index (χ1n) is 7.41. The number of hydrogen-bond acceptors (Lipinski definition) is 3. The summed E-state index contributed by atoms with van der Waals surface area (Å²) >= 11 is 0. The Labute approximate surface area is 141 Å². The monoisotopic (exact) mass is 360 g/mol. The first-order valence-corrected chi connectivity index (χ1v) is 7.41. The van der Waals surface area contributed by atoms with Gasteiger partial charge in [-0.25, -0.2) is 13.8 Å². The molecular formula is C17H17F5N2O. The van der Waals surface area contributed by atoms with E-state index in [0.29, 0.717) is 0 Å². The number of nitrogens with zero attached hydrogens (tertiary/aromatic N) is 1. The van der Waals surface area contributed by atoms with Crippen LogP contribution in [-0.4, -0.2) is 22.8 Å². The Morgan fingerprint density at radius 1 is 1.12 bits per heavy atom. The van der Waals surface area contributed by atoms with Crippen LogP contribution in [0.25, 0.3) is 11.3 Å². The second-order valence-corrected chi connectivity index (χ2v) is 6.15. The van der Waals surface area contributed by atoms with Gasteiger partial charge in [-0.05, 0) is 44.2 Å². The quantitative estimate of drug-likeness (QED) is 0.814. The van der Waals surface area contributed by atoms with Crippen LogP contribution >= 0.6 is 0 Å². The molecule has 136 valence electrons. The summed E-state index contributed by atoms with van der Waals surface area (Å²) in [6.45, 7) is 1.71. The first kappa shape index (κ1) is 19.3. The molecule has 0 spiro atoms. The third-order valence-electron chi connectivity index (χ3n) is 3.74. The van der Waals surface area contributed by atoms with Crippen LogP contribution in [0.3, 0.4) is 0 Å². The van der Waals surface area contributed by atoms with Crippen molar-refractivity contribution in [3.63, 3.8) is 0 Å². The summed E-state index contributed by atoms with van der Waals surface area (Å²) < 4.78 is 67.4. The van der Waals surface area contributed by atoms with E-state index >= 15 is 0 Å². The first-order chi connectivity index (χ1) is 11.4. The number of nitrogens with two attached hydrogens (primary N) is 1. The molecule has 0 fully saturated rings. The van der Waals surface area contributed by atoms with Crippen LogP contribution in [0.15, 0.2) is 30.3 Å². The van der Waals surface area contributed by atoms with Crippen molar-refractivity contribution in [1.82, 2.24) is 4.98 Å². The zero-order chi connectivity index (χ0) is 19.0. The molecule has 8 heteroatoms. The summed E-state index contributed by atoms with van der Waals surface area (Å²) in [5, 5.41) is 10.1. The van der Waals surface area contributed by atoms with Crippen molar-refractivity contribution in [2.45, 2.75) is 31.5 Å². The largest absolute Gasteiger partial charge is 0.398 e. The fraction of sp³-hybridized carbons (Fsp3) is 0.353. The van der Waals surface area contributed by atoms with Gasteiger partial charge >= 0.3 is 6.18 Å². The van der Waals surface area contributed by atoms with Gasteiger partial charge in [0.05, 0.1) is 11.3 Å². The van der Waals surface area contributed by atoms with Crippen molar-refractivity contribution >= 4 is 0 Å². The van der Waals surface area contributed by atoms with Crippen LogP contribution in [0.5, 0.6) is 0 Å². The lowest BCUT2D eigenvalue weighted by Crippen LogP contribution is -2.30. The van der Waals surface area contributed by atoms with Gasteiger partial charge in [-0.2, -0.15) is 13.2 Å². The second kappa shape index (κ2) is 6.68. The molecular weight excluding hydrogens is 343 g/mol. The Balaban J connectivity index is 2.74. The number of aromatic nitrogens is 1. The summed E-state index contributed by atoms with van der Waals surface area (Å²) in [6, 6.07) is 5.34. The second-order valence-electron chi connectivity index (χ2n) is 6.15. The van der Waals surface area contributed by atoms with Gasteiger partial charge in [0.25, 0.3) is 0 Å². The zero-order valence-corrected chi connectivity index (χ0v) is 13.5. The minimum atomic E-state index is -4.68. The van der Waals surface area contributed by atoms with Crippen LogP contribution < -0.4 is 5.73 Å². The molecule has 1 heterocycles. The summed E-state index contributed by atoms with van der Waals surface area (Å²) in [4.78, 5) is 3.78. The van der Waals surface area contributed by atoms with Crippen molar-refractivity contribution in [2.75, 3.05) is 6.54 Å². The Morgan fingerprint density at radius 2 is 1.68 bits per heavy atom. The number of halogens is 5. The molecule has 3 nitrogen and oxygen atoms in total. The number of benzene rings is 1. The standard InChI is InChI=1S/C17H17F5N2O/c1-16(2,25)11-7-13(12(8-23)17(20,21)22)24-15(14(11)19)9-3-5-10(18)6-4-9/h3-7,12,25H,8,23H2,1-2H3. The van der Waals surface area contributed by atoms with E-state index in [-0.39, 0.29) is 11.1 Å². The van der Waals surface area contributed by atoms with Crippen LogP contribution in [0.2, 0.25) is 0 Å². The number of alkyl halides is 3. The lowest BCUT2D eigenvalue weighted by Gasteiger charge is -2.24. The molecule has 2 rings (SSSR count). The average Bonchev–Trinajstić information content (AvgIpc) is 2.47. The third kappa shape index (κ3) is 4.13. The van der Waals surface area contributed by atoms with Crippen LogP contribution in [-0.2, 0) is 5.60 Å². The normalized spacial score (nSPS) is 13.8. The van der Waals surface area contributed by atoms with Gasteiger partial charge in [-0.15, -0.1) is 0 Å². The topological polar surface area (TPSA) is 59.1 Å². The predicted octanol–water partition coefficient (Wildman–Crippen LogP) is 3.86. The van der Waals surface area contributed by atoms with Crippen LogP contribution in [0.4, 0.5) is 22.0 Å². The SMILES string of the molecule is CC(C)(O)c1cc(C(CN)C(F)(F)F)nc(-c2ccc(F)cc2)c1F. The number of hydrogen-bond donors (Lipinski definition) is 2. The van der Waals surface area contributed by atoms with E-state index in [2.05, 4.69) is 4.98 Å². The maximum Gasteiger partial charge on any atom is 0.398 e. The third-order valence-corrected chi connectivity index (χ3v) is 3.74. The van der Waals surface area contributed by atoms with E-state index in [9.17, 15) is 27.1 Å². The van der Waals surface area contributed by atoms with Crippen molar-refractivity contribution < 1.29 is 27.1 Å². The van der Waals surface area contributed by atoms with E-state index in [1.165, 1.54) is 26.0 Å². The molecule has 1 aromatic carbocycles. The van der Waals surface area contributed by atoms with Crippen molar-refractivity contribution in [3.8, 4) is 11.3 Å². The highest BCUT2D eigenvalue weighted by molar-refractivity contribution is 5.61. The molecule has 0 amide bonds. The fourth-order valence-corrected chi connectivity index (χ4v) is 2.39. The Hall–Kier alpha value is -2.06. The Bertz CT molecular complexity index is 751. The highest BCUT2D eigenvalue weighted by atomic mass is 19.4. The van der Waals surface area contributed by atoms with Crippen molar-refractivity contribution in [3.05, 3.63) is 53.2 Å². The molecule has 0 aliphatic carbocycles. The summed E-state index contributed by atoms with van der Waals surface area (Å²) in [5.41, 5.74) is 2.31. The molecule has 0 aliphatic rings. The molecule has 0 aliphatic heterocycles. The van der Waals surface area contributed by atoms with Gasteiger partial charge < -0.3 is 10.8 Å². The lowest BCUT2D eigenvalue weighted by atomic mass is 9.92. The Kier molecular flexibility index (Phi) is 5.15. The summed E-state index contributed by atoms with van der Waals surface area (Å²) in [5.74, 6) is -3.67. The van der Waals surface area contributed by atoms with Gasteiger partial charge in [0, 0.05) is 17.7 Å². The molecule has 0 saturated carbocycles. The number of pyridine rings is 1. The summed E-state index contributed by atoms with van der Waals surface area (Å²) in [6.07, 6.45) is -4.68. The van der Waals surface area contributed by atoms with E-state index in [0.717, 1.165) is 18.2 Å². The van der Waals surface area contributed by atoms with E-state index in [1.807, 2.05) is 0 Å². The molecule has 2 aromatic rings. The number of rotatable bonds is 4. The lowest BCUT2D eigenvalue weighted by molar-refractivity contribution is -0.148. The zero-order valence-electron chi connectivity index (χ0n) is 13.5. The smallest absolute Gasteiger partial charge is 0.386 e. The molecule has 25 heavy (non-hydrogen) atoms. The van der Waals surface area contributed by atoms with Gasteiger partial charge in [0.2, 0.25) is 0 Å². The Morgan fingerprint density at radius 3 is 2.12 bits per heavy atom. The predicted molar refractivity (Wildman–Crippen MR) is 82.7 cm³/mol.